The summed E-state index contributed by atoms with van der Waals surface area (Å²) in [5, 5.41) is 0. The van der Waals surface area contributed by atoms with Crippen LogP contribution in [0.5, 0.6) is 0 Å². The van der Waals surface area contributed by atoms with Gasteiger partial charge in [-0.3, -0.25) is 0 Å². The first-order chi connectivity index (χ1) is 5.23. The average molecular weight is 188 g/mol. The van der Waals surface area contributed by atoms with Gasteiger partial charge in [0.05, 0.1) is 0 Å². The first-order valence-electron chi connectivity index (χ1n) is 3.26. The van der Waals surface area contributed by atoms with Crippen LogP contribution < -0.4 is 0 Å². The highest BCUT2D eigenvalue weighted by atomic mass is 19.3. The van der Waals surface area contributed by atoms with E-state index < -0.39 is 24.4 Å². The second-order valence-corrected chi connectivity index (χ2v) is 2.52. The number of alkyl halides is 5. The fraction of sp³-hybridized carbons (Fsp3) is 0.714. The summed E-state index contributed by atoms with van der Waals surface area (Å²) in [5.74, 6) is -8.70. The Balaban J connectivity index is 4.48. The van der Waals surface area contributed by atoms with E-state index in [9.17, 15) is 22.0 Å². The zero-order valence-corrected chi connectivity index (χ0v) is 6.46. The third-order valence-electron chi connectivity index (χ3n) is 1.28. The minimum absolute atomic E-state index is 0.171. The molecule has 0 saturated carbocycles. The molecule has 0 fully saturated rings. The summed E-state index contributed by atoms with van der Waals surface area (Å²) in [4.78, 5) is 0. The maximum Gasteiger partial charge on any atom is 0.328 e. The number of allylic oxidation sites excluding steroid dienone is 1. The van der Waals surface area contributed by atoms with Gasteiger partial charge in [0, 0.05) is 6.42 Å². The molecule has 0 aromatic heterocycles. The van der Waals surface area contributed by atoms with Crippen LogP contribution in [0.1, 0.15) is 13.3 Å². The van der Waals surface area contributed by atoms with Crippen LogP contribution in [0.4, 0.5) is 22.0 Å². The molecule has 12 heavy (non-hydrogen) atoms. The van der Waals surface area contributed by atoms with Crippen molar-refractivity contribution in [1.82, 2.24) is 0 Å². The smallest absolute Gasteiger partial charge is 0.248 e. The lowest BCUT2D eigenvalue weighted by atomic mass is 10.1. The second-order valence-electron chi connectivity index (χ2n) is 2.52. The Morgan fingerprint density at radius 3 is 2.00 bits per heavy atom. The van der Waals surface area contributed by atoms with Crippen molar-refractivity contribution in [3.8, 4) is 0 Å². The van der Waals surface area contributed by atoms with E-state index in [4.69, 9.17) is 0 Å². The molecule has 0 aliphatic carbocycles. The van der Waals surface area contributed by atoms with Crippen LogP contribution in [-0.2, 0) is 0 Å². The molecule has 0 N–H and O–H groups in total. The fourth-order valence-corrected chi connectivity index (χ4v) is 0.639. The molecule has 0 amide bonds. The third-order valence-corrected chi connectivity index (χ3v) is 1.28. The Hall–Kier alpha value is -0.610. The van der Waals surface area contributed by atoms with Gasteiger partial charge in [-0.1, -0.05) is 6.58 Å². The van der Waals surface area contributed by atoms with Gasteiger partial charge in [0.15, 0.2) is 0 Å². The summed E-state index contributed by atoms with van der Waals surface area (Å²) >= 11 is 0. The highest BCUT2D eigenvalue weighted by molar-refractivity contribution is 4.98. The molecule has 0 radical (unpaired) electrons. The lowest BCUT2D eigenvalue weighted by Crippen LogP contribution is -2.40. The van der Waals surface area contributed by atoms with Gasteiger partial charge in [0.25, 0.3) is 0 Å². The predicted molar refractivity (Wildman–Crippen MR) is 35.3 cm³/mol. The third kappa shape index (κ3) is 2.46. The van der Waals surface area contributed by atoms with Crippen molar-refractivity contribution in [2.45, 2.75) is 31.4 Å². The van der Waals surface area contributed by atoms with Gasteiger partial charge >= 0.3 is 11.8 Å². The quantitative estimate of drug-likeness (QED) is 0.469. The first kappa shape index (κ1) is 11.4. The molecule has 0 bridgehead atoms. The highest BCUT2D eigenvalue weighted by Crippen LogP contribution is 2.38. The van der Waals surface area contributed by atoms with E-state index in [0.717, 1.165) is 6.92 Å². The van der Waals surface area contributed by atoms with Crippen LogP contribution in [0.15, 0.2) is 12.7 Å². The van der Waals surface area contributed by atoms with E-state index >= 15 is 0 Å². The highest BCUT2D eigenvalue weighted by Gasteiger charge is 2.54. The molecule has 0 aliphatic rings. The Kier molecular flexibility index (Phi) is 3.24. The van der Waals surface area contributed by atoms with Crippen LogP contribution in [-0.4, -0.2) is 18.0 Å². The van der Waals surface area contributed by atoms with Crippen LogP contribution in [0.2, 0.25) is 0 Å². The predicted octanol–water partition coefficient (Wildman–Crippen LogP) is 3.19. The fourth-order valence-electron chi connectivity index (χ4n) is 0.639. The minimum Gasteiger partial charge on any atom is -0.248 e. The van der Waals surface area contributed by atoms with Crippen molar-refractivity contribution in [3.05, 3.63) is 12.7 Å². The van der Waals surface area contributed by atoms with Crippen molar-refractivity contribution >= 4 is 0 Å². The van der Waals surface area contributed by atoms with E-state index in [1.165, 1.54) is 0 Å². The summed E-state index contributed by atoms with van der Waals surface area (Å²) in [6, 6.07) is 0. The maximum atomic E-state index is 12.4. The van der Waals surface area contributed by atoms with Crippen LogP contribution in [0, 0.1) is 0 Å². The van der Waals surface area contributed by atoms with Crippen LogP contribution in [0.25, 0.3) is 0 Å². The molecule has 5 heteroatoms. The number of hydrogen-bond acceptors (Lipinski definition) is 0. The molecule has 0 aromatic rings. The second kappa shape index (κ2) is 3.41. The van der Waals surface area contributed by atoms with Crippen LogP contribution in [0.3, 0.4) is 0 Å². The largest absolute Gasteiger partial charge is 0.328 e. The summed E-state index contributed by atoms with van der Waals surface area (Å²) in [5.41, 5.74) is 0. The molecule has 0 saturated heterocycles. The Morgan fingerprint density at radius 2 is 1.75 bits per heavy atom. The van der Waals surface area contributed by atoms with Crippen molar-refractivity contribution in [2.75, 3.05) is 0 Å². The van der Waals surface area contributed by atoms with Gasteiger partial charge in [-0.05, 0) is 13.0 Å². The lowest BCUT2D eigenvalue weighted by molar-refractivity contribution is -0.188. The zero-order chi connectivity index (χ0) is 9.99. The number of rotatable bonds is 4. The molecule has 1 unspecified atom stereocenters. The average Bonchev–Trinajstić information content (AvgIpc) is 1.84. The molecule has 0 nitrogen and oxygen atoms in total. The summed E-state index contributed by atoms with van der Waals surface area (Å²) in [6.45, 7) is 3.35. The molecule has 0 heterocycles. The van der Waals surface area contributed by atoms with Crippen molar-refractivity contribution in [2.24, 2.45) is 0 Å². The zero-order valence-electron chi connectivity index (χ0n) is 6.46. The molecule has 1 atom stereocenters. The standard InChI is InChI=1S/C7H9F5/c1-3-6(9,10)7(11,12)4-5(2)8/h3,5H,1,4H2,2H3. The van der Waals surface area contributed by atoms with E-state index in [0.29, 0.717) is 0 Å². The van der Waals surface area contributed by atoms with Gasteiger partial charge in [-0.2, -0.15) is 17.6 Å². The van der Waals surface area contributed by atoms with Gasteiger partial charge in [-0.25, -0.2) is 4.39 Å². The Bertz CT molecular complexity index is 161. The monoisotopic (exact) mass is 188 g/mol. The van der Waals surface area contributed by atoms with Gasteiger partial charge in [0.1, 0.15) is 6.17 Å². The topological polar surface area (TPSA) is 0 Å². The SMILES string of the molecule is C=CC(F)(F)C(F)(F)CC(C)F. The molecule has 0 rings (SSSR count). The van der Waals surface area contributed by atoms with Crippen molar-refractivity contribution in [3.63, 3.8) is 0 Å². The Labute approximate surface area is 67.1 Å². The summed E-state index contributed by atoms with van der Waals surface area (Å²) < 4.78 is 61.3. The lowest BCUT2D eigenvalue weighted by Gasteiger charge is -2.23. The normalized spacial score (nSPS) is 15.8. The van der Waals surface area contributed by atoms with Crippen molar-refractivity contribution < 1.29 is 22.0 Å². The minimum atomic E-state index is -4.36. The molecule has 0 spiro atoms. The van der Waals surface area contributed by atoms with E-state index in [1.54, 1.807) is 0 Å². The molecular formula is C7H9F5. The summed E-state index contributed by atoms with van der Waals surface area (Å²) in [7, 11) is 0. The summed E-state index contributed by atoms with van der Waals surface area (Å²) in [6.07, 6.45) is -3.63. The van der Waals surface area contributed by atoms with E-state index in [1.807, 2.05) is 0 Å². The van der Waals surface area contributed by atoms with Gasteiger partial charge in [-0.15, -0.1) is 0 Å². The molecule has 0 aromatic carbocycles. The molecule has 0 aliphatic heterocycles. The number of hydrogen-bond donors (Lipinski definition) is 0. The maximum absolute atomic E-state index is 12.4. The number of halogens is 5. The van der Waals surface area contributed by atoms with Gasteiger partial charge < -0.3 is 0 Å². The van der Waals surface area contributed by atoms with E-state index in [-0.39, 0.29) is 6.08 Å². The van der Waals surface area contributed by atoms with Crippen molar-refractivity contribution in [1.29, 1.82) is 0 Å². The van der Waals surface area contributed by atoms with Crippen LogP contribution >= 0.6 is 0 Å². The van der Waals surface area contributed by atoms with Gasteiger partial charge in [0.2, 0.25) is 0 Å². The molecular weight excluding hydrogens is 179 g/mol. The Morgan fingerprint density at radius 1 is 1.33 bits per heavy atom. The molecule has 72 valence electrons. The van der Waals surface area contributed by atoms with E-state index in [2.05, 4.69) is 6.58 Å². The first-order valence-corrected chi connectivity index (χ1v) is 3.26.